The predicted octanol–water partition coefficient (Wildman–Crippen LogP) is -0.313. The van der Waals surface area contributed by atoms with Gasteiger partial charge in [-0.3, -0.25) is 19.3 Å². The Hall–Kier alpha value is -1.72. The molecule has 0 heterocycles. The molecule has 0 saturated heterocycles. The van der Waals surface area contributed by atoms with Gasteiger partial charge in [0.2, 0.25) is 5.91 Å². The van der Waals surface area contributed by atoms with Gasteiger partial charge in [-0.05, 0) is 24.1 Å². The number of hydrogen-bond acceptors (Lipinski definition) is 6. The summed E-state index contributed by atoms with van der Waals surface area (Å²) in [5.74, 6) is -3.11. The molecule has 0 aliphatic rings. The number of rotatable bonds is 6. The van der Waals surface area contributed by atoms with Gasteiger partial charge in [-0.25, -0.2) is 5.48 Å². The number of hydroxylamine groups is 1. The van der Waals surface area contributed by atoms with Gasteiger partial charge in [-0.2, -0.15) is 8.42 Å². The molecule has 0 spiro atoms. The van der Waals surface area contributed by atoms with Crippen LogP contribution in [0.3, 0.4) is 0 Å². The second-order valence-corrected chi connectivity index (χ2v) is 6.69. The van der Waals surface area contributed by atoms with Crippen LogP contribution in [0.4, 0.5) is 0 Å². The summed E-state index contributed by atoms with van der Waals surface area (Å²) in [4.78, 5) is 22.2. The number of benzene rings is 1. The van der Waals surface area contributed by atoms with Gasteiger partial charge in [0, 0.05) is 17.4 Å². The summed E-state index contributed by atoms with van der Waals surface area (Å²) in [6, 6.07) is 0.774. The minimum absolute atomic E-state index is 0.0550. The summed E-state index contributed by atoms with van der Waals surface area (Å²) in [5, 5.41) is 8.73. The average molecular weight is 366 g/mol. The molecule has 9 nitrogen and oxygen atoms in total. The molecule has 0 aliphatic carbocycles. The lowest BCUT2D eigenvalue weighted by atomic mass is 9.87. The highest BCUT2D eigenvalue weighted by Crippen LogP contribution is 2.33. The van der Waals surface area contributed by atoms with E-state index in [0.717, 1.165) is 6.07 Å². The number of nitrogens with two attached hydrogens (primary N) is 2. The Morgan fingerprint density at radius 3 is 2.39 bits per heavy atom. The first-order valence-corrected chi connectivity index (χ1v) is 8.06. The van der Waals surface area contributed by atoms with E-state index < -0.39 is 45.2 Å². The number of carbonyl (C=O) groups is 2. The first-order chi connectivity index (χ1) is 10.5. The molecule has 11 heteroatoms. The molecule has 2 atom stereocenters. The molecule has 128 valence electrons. The summed E-state index contributed by atoms with van der Waals surface area (Å²) < 4.78 is 32.5. The molecule has 0 saturated carbocycles. The molecule has 1 aromatic carbocycles. The van der Waals surface area contributed by atoms with Crippen molar-refractivity contribution in [2.24, 2.45) is 11.5 Å². The number of amides is 2. The number of halogens is 1. The van der Waals surface area contributed by atoms with Crippen LogP contribution in [0.1, 0.15) is 23.5 Å². The van der Waals surface area contributed by atoms with E-state index in [4.69, 9.17) is 28.3 Å². The molecular formula is C12H16ClN3O6S. The summed E-state index contributed by atoms with van der Waals surface area (Å²) in [6.45, 7) is 1.55. The van der Waals surface area contributed by atoms with Crippen LogP contribution in [0, 0.1) is 6.92 Å². The zero-order valence-electron chi connectivity index (χ0n) is 12.0. The highest BCUT2D eigenvalue weighted by Gasteiger charge is 2.32. The summed E-state index contributed by atoms with van der Waals surface area (Å²) in [5.41, 5.74) is 12.4. The number of primary amides is 1. The molecule has 0 radical (unpaired) electrons. The highest BCUT2D eigenvalue weighted by molar-refractivity contribution is 7.85. The van der Waals surface area contributed by atoms with E-state index in [9.17, 15) is 22.6 Å². The van der Waals surface area contributed by atoms with Crippen molar-refractivity contribution in [2.75, 3.05) is 0 Å². The minimum Gasteiger partial charge on any atom is -0.370 e. The molecule has 2 amide bonds. The van der Waals surface area contributed by atoms with E-state index in [2.05, 4.69) is 0 Å². The predicted molar refractivity (Wildman–Crippen MR) is 80.5 cm³/mol. The smallest absolute Gasteiger partial charge is 0.294 e. The first kappa shape index (κ1) is 19.3. The largest absolute Gasteiger partial charge is 0.370 e. The lowest BCUT2D eigenvalue weighted by molar-refractivity contribution is -0.131. The lowest BCUT2D eigenvalue weighted by Crippen LogP contribution is -2.44. The lowest BCUT2D eigenvalue weighted by Gasteiger charge is -2.24. The second kappa shape index (κ2) is 7.23. The average Bonchev–Trinajstić information content (AvgIpc) is 2.44. The molecule has 7 N–H and O–H groups in total. The Balaban J connectivity index is 3.61. The van der Waals surface area contributed by atoms with E-state index in [1.54, 1.807) is 6.92 Å². The Kier molecular flexibility index (Phi) is 6.08. The fourth-order valence-electron chi connectivity index (χ4n) is 2.10. The van der Waals surface area contributed by atoms with E-state index in [1.807, 2.05) is 0 Å². The Labute approximate surface area is 137 Å². The van der Waals surface area contributed by atoms with E-state index in [-0.39, 0.29) is 10.6 Å². The second-order valence-electron chi connectivity index (χ2n) is 4.89. The Bertz CT molecular complexity index is 737. The van der Waals surface area contributed by atoms with Gasteiger partial charge in [-0.1, -0.05) is 17.7 Å². The number of aryl methyl sites for hydroxylation is 1. The van der Waals surface area contributed by atoms with Crippen molar-refractivity contribution in [1.29, 1.82) is 0 Å². The number of hydrogen-bond donors (Lipinski definition) is 5. The van der Waals surface area contributed by atoms with Crippen LogP contribution in [0.5, 0.6) is 0 Å². The molecule has 1 unspecified atom stereocenters. The van der Waals surface area contributed by atoms with Gasteiger partial charge >= 0.3 is 0 Å². The third kappa shape index (κ3) is 4.62. The molecule has 23 heavy (non-hydrogen) atoms. The molecule has 0 fully saturated rings. The zero-order valence-corrected chi connectivity index (χ0v) is 13.6. The van der Waals surface area contributed by atoms with Crippen LogP contribution in [0.2, 0.25) is 5.02 Å². The highest BCUT2D eigenvalue weighted by atomic mass is 35.5. The molecule has 0 aliphatic heterocycles. The maximum atomic E-state index is 11.6. The number of nitrogens with one attached hydrogen (secondary N) is 1. The number of carbonyl (C=O) groups excluding carboxylic acids is 2. The van der Waals surface area contributed by atoms with E-state index in [0.29, 0.717) is 5.56 Å². The van der Waals surface area contributed by atoms with Crippen molar-refractivity contribution in [1.82, 2.24) is 5.48 Å². The van der Waals surface area contributed by atoms with Crippen LogP contribution >= 0.6 is 11.6 Å². The maximum absolute atomic E-state index is 11.6. The Morgan fingerprint density at radius 1 is 1.39 bits per heavy atom. The first-order valence-electron chi connectivity index (χ1n) is 6.24. The summed E-state index contributed by atoms with van der Waals surface area (Å²) in [7, 11) is -4.71. The van der Waals surface area contributed by atoms with Gasteiger partial charge < -0.3 is 11.5 Å². The van der Waals surface area contributed by atoms with E-state index >= 15 is 0 Å². The quantitative estimate of drug-likeness (QED) is 0.261. The summed E-state index contributed by atoms with van der Waals surface area (Å²) in [6.07, 6.45) is -0.488. The van der Waals surface area contributed by atoms with Crippen molar-refractivity contribution >= 4 is 33.5 Å². The van der Waals surface area contributed by atoms with Gasteiger partial charge in [0.05, 0.1) is 10.9 Å². The molecule has 1 rings (SSSR count). The zero-order chi connectivity index (χ0) is 17.9. The monoisotopic (exact) mass is 365 g/mol. The minimum atomic E-state index is -4.71. The van der Waals surface area contributed by atoms with Crippen molar-refractivity contribution < 1.29 is 27.8 Å². The van der Waals surface area contributed by atoms with Crippen LogP contribution in [0.25, 0.3) is 0 Å². The Morgan fingerprint density at radius 2 is 1.96 bits per heavy atom. The molecule has 0 bridgehead atoms. The van der Waals surface area contributed by atoms with Crippen LogP contribution in [-0.2, 0) is 19.7 Å². The maximum Gasteiger partial charge on any atom is 0.294 e. The van der Waals surface area contributed by atoms with Crippen molar-refractivity contribution in [3.8, 4) is 0 Å². The van der Waals surface area contributed by atoms with Gasteiger partial charge in [0.15, 0.2) is 0 Å². The van der Waals surface area contributed by atoms with Gasteiger partial charge in [0.1, 0.15) is 0 Å². The fourth-order valence-corrected chi connectivity index (χ4v) is 3.11. The third-order valence-electron chi connectivity index (χ3n) is 3.24. The molecular weight excluding hydrogens is 350 g/mol. The third-order valence-corrected chi connectivity index (χ3v) is 4.55. The van der Waals surface area contributed by atoms with Gasteiger partial charge in [0.25, 0.3) is 16.0 Å². The van der Waals surface area contributed by atoms with Crippen LogP contribution in [0.15, 0.2) is 17.0 Å². The SMILES string of the molecule is Cc1cc(C(CC(N)=O)[C@H](N)C(=O)NO)c(S(=O)(=O)O)cc1Cl. The molecule has 0 aromatic heterocycles. The standard InChI is InChI=1S/C12H16ClN3O6S/c1-5-2-6(9(4-8(5)13)23(20,21)22)7(3-10(14)17)11(15)12(18)16-19/h2,4,7,11,19H,3,15H2,1H3,(H2,14,17)(H,16,18)(H,20,21,22)/t7?,11-/m0/s1. The summed E-state index contributed by atoms with van der Waals surface area (Å²) >= 11 is 5.85. The molecule has 1 aromatic rings. The van der Waals surface area contributed by atoms with Crippen molar-refractivity contribution in [3.05, 3.63) is 28.3 Å². The van der Waals surface area contributed by atoms with Crippen LogP contribution in [-0.4, -0.2) is 36.0 Å². The fraction of sp³-hybridized carbons (Fsp3) is 0.333. The topological polar surface area (TPSA) is 173 Å². The van der Waals surface area contributed by atoms with Crippen molar-refractivity contribution in [2.45, 2.75) is 30.2 Å². The van der Waals surface area contributed by atoms with E-state index in [1.165, 1.54) is 11.5 Å². The van der Waals surface area contributed by atoms with Crippen LogP contribution < -0.4 is 16.9 Å². The van der Waals surface area contributed by atoms with Gasteiger partial charge in [-0.15, -0.1) is 0 Å². The van der Waals surface area contributed by atoms with Crippen molar-refractivity contribution in [3.63, 3.8) is 0 Å². The normalized spacial score (nSPS) is 14.1.